The molecule has 0 bridgehead atoms. The van der Waals surface area contributed by atoms with E-state index in [4.69, 9.17) is 4.74 Å². The molecule has 3 rings (SSSR count). The number of ether oxygens (including phenoxy) is 1. The predicted molar refractivity (Wildman–Crippen MR) is 97.5 cm³/mol. The number of hydrogen-bond donors (Lipinski definition) is 1. The monoisotopic (exact) mass is 353 g/mol. The van der Waals surface area contributed by atoms with Crippen LogP contribution in [0.25, 0.3) is 11.0 Å². The average Bonchev–Trinajstić information content (AvgIpc) is 2.66. The summed E-state index contributed by atoms with van der Waals surface area (Å²) in [5, 5.41) is 2.80. The third-order valence-electron chi connectivity index (χ3n) is 3.90. The molecule has 0 spiro atoms. The van der Waals surface area contributed by atoms with Crippen molar-refractivity contribution >= 4 is 16.9 Å². The van der Waals surface area contributed by atoms with Crippen molar-refractivity contribution in [3.8, 4) is 5.75 Å². The molecule has 0 fully saturated rings. The second-order valence-electron chi connectivity index (χ2n) is 5.91. The number of halogens is 1. The highest BCUT2D eigenvalue weighted by Gasteiger charge is 2.13. The Morgan fingerprint density at radius 1 is 1.19 bits per heavy atom. The molecule has 1 amide bonds. The van der Waals surface area contributed by atoms with Crippen LogP contribution in [0.1, 0.15) is 35.7 Å². The summed E-state index contributed by atoms with van der Waals surface area (Å²) in [6.07, 6.45) is 5.01. The molecule has 1 N–H and O–H groups in total. The first-order valence-corrected chi connectivity index (χ1v) is 8.57. The van der Waals surface area contributed by atoms with Crippen LogP contribution in [-0.4, -0.2) is 22.5 Å². The van der Waals surface area contributed by atoms with E-state index in [2.05, 4.69) is 22.2 Å². The van der Waals surface area contributed by atoms with Gasteiger partial charge in [0, 0.05) is 25.0 Å². The van der Waals surface area contributed by atoms with Gasteiger partial charge in [0.1, 0.15) is 17.1 Å². The Morgan fingerprint density at radius 2 is 2.04 bits per heavy atom. The second-order valence-corrected chi connectivity index (χ2v) is 5.91. The van der Waals surface area contributed by atoms with Crippen molar-refractivity contribution in [2.24, 2.45) is 0 Å². The number of nitrogens with one attached hydrogen (secondary N) is 1. The lowest BCUT2D eigenvalue weighted by Crippen LogP contribution is -2.23. The Hall–Kier alpha value is -3.02. The van der Waals surface area contributed by atoms with E-state index in [-0.39, 0.29) is 5.56 Å². The molecule has 2 aromatic carbocycles. The highest BCUT2D eigenvalue weighted by molar-refractivity contribution is 6.04. The van der Waals surface area contributed by atoms with Gasteiger partial charge < -0.3 is 10.1 Å². The zero-order valence-corrected chi connectivity index (χ0v) is 14.5. The van der Waals surface area contributed by atoms with E-state index < -0.39 is 11.7 Å². The number of hydrogen-bond acceptors (Lipinski definition) is 4. The van der Waals surface area contributed by atoms with Gasteiger partial charge in [-0.25, -0.2) is 4.39 Å². The van der Waals surface area contributed by atoms with Gasteiger partial charge in [-0.3, -0.25) is 14.8 Å². The van der Waals surface area contributed by atoms with Crippen LogP contribution in [-0.2, 0) is 6.54 Å². The van der Waals surface area contributed by atoms with E-state index in [0.29, 0.717) is 24.2 Å². The largest absolute Gasteiger partial charge is 0.494 e. The third-order valence-corrected chi connectivity index (χ3v) is 3.90. The maximum Gasteiger partial charge on any atom is 0.253 e. The average molecular weight is 353 g/mol. The molecule has 0 aliphatic rings. The lowest BCUT2D eigenvalue weighted by molar-refractivity contribution is 0.0952. The SMILES string of the molecule is CCCCOc1cccc(CNC(=O)c2cc(F)cc3nccnc23)c1. The number of carbonyl (C=O) groups excluding carboxylic acids is 1. The van der Waals surface area contributed by atoms with Gasteiger partial charge in [0.25, 0.3) is 5.91 Å². The number of carbonyl (C=O) groups is 1. The van der Waals surface area contributed by atoms with E-state index in [0.717, 1.165) is 24.2 Å². The van der Waals surface area contributed by atoms with E-state index >= 15 is 0 Å². The number of unbranched alkanes of at least 4 members (excludes halogenated alkanes) is 1. The Labute approximate surface area is 151 Å². The van der Waals surface area contributed by atoms with Crippen LogP contribution in [0, 0.1) is 5.82 Å². The summed E-state index contributed by atoms with van der Waals surface area (Å²) in [5.41, 5.74) is 1.80. The van der Waals surface area contributed by atoms with Crippen molar-refractivity contribution in [2.75, 3.05) is 6.61 Å². The molecule has 3 aromatic rings. The highest BCUT2D eigenvalue weighted by atomic mass is 19.1. The first kappa shape index (κ1) is 17.8. The number of aromatic nitrogens is 2. The van der Waals surface area contributed by atoms with Crippen LogP contribution in [0.3, 0.4) is 0 Å². The predicted octanol–water partition coefficient (Wildman–Crippen LogP) is 3.88. The van der Waals surface area contributed by atoms with Gasteiger partial charge in [-0.15, -0.1) is 0 Å². The summed E-state index contributed by atoms with van der Waals surface area (Å²) in [7, 11) is 0. The van der Waals surface area contributed by atoms with Crippen LogP contribution >= 0.6 is 0 Å². The van der Waals surface area contributed by atoms with Gasteiger partial charge in [0.2, 0.25) is 0 Å². The van der Waals surface area contributed by atoms with Gasteiger partial charge in [-0.05, 0) is 30.2 Å². The number of fused-ring (bicyclic) bond motifs is 1. The zero-order chi connectivity index (χ0) is 18.4. The van der Waals surface area contributed by atoms with Crippen molar-refractivity contribution in [3.05, 3.63) is 65.7 Å². The van der Waals surface area contributed by atoms with E-state index in [1.807, 2.05) is 24.3 Å². The number of amides is 1. The molecular formula is C20H20FN3O2. The van der Waals surface area contributed by atoms with Crippen LogP contribution < -0.4 is 10.1 Å². The fraction of sp³-hybridized carbons (Fsp3) is 0.250. The Balaban J connectivity index is 1.71. The fourth-order valence-corrected chi connectivity index (χ4v) is 2.57. The first-order chi connectivity index (χ1) is 12.7. The van der Waals surface area contributed by atoms with Gasteiger partial charge in [-0.1, -0.05) is 25.5 Å². The molecule has 26 heavy (non-hydrogen) atoms. The van der Waals surface area contributed by atoms with Crippen LogP contribution in [0.5, 0.6) is 5.75 Å². The molecular weight excluding hydrogens is 333 g/mol. The van der Waals surface area contributed by atoms with Crippen LogP contribution in [0.2, 0.25) is 0 Å². The van der Waals surface area contributed by atoms with Gasteiger partial charge >= 0.3 is 0 Å². The maximum absolute atomic E-state index is 13.8. The molecule has 6 heteroatoms. The smallest absolute Gasteiger partial charge is 0.253 e. The van der Waals surface area contributed by atoms with E-state index in [9.17, 15) is 9.18 Å². The summed E-state index contributed by atoms with van der Waals surface area (Å²) < 4.78 is 19.4. The minimum atomic E-state index is -0.519. The topological polar surface area (TPSA) is 64.1 Å². The first-order valence-electron chi connectivity index (χ1n) is 8.57. The van der Waals surface area contributed by atoms with Crippen molar-refractivity contribution in [1.82, 2.24) is 15.3 Å². The molecule has 1 aromatic heterocycles. The number of rotatable bonds is 7. The number of benzene rings is 2. The van der Waals surface area contributed by atoms with Crippen molar-refractivity contribution in [2.45, 2.75) is 26.3 Å². The lowest BCUT2D eigenvalue weighted by Gasteiger charge is -2.10. The molecule has 0 atom stereocenters. The molecule has 134 valence electrons. The van der Waals surface area contributed by atoms with Gasteiger partial charge in [-0.2, -0.15) is 0 Å². The van der Waals surface area contributed by atoms with Crippen LogP contribution in [0.15, 0.2) is 48.8 Å². The Kier molecular flexibility index (Phi) is 5.73. The molecule has 0 aliphatic carbocycles. The molecule has 5 nitrogen and oxygen atoms in total. The lowest BCUT2D eigenvalue weighted by atomic mass is 10.1. The Bertz CT molecular complexity index is 914. The summed E-state index contributed by atoms with van der Waals surface area (Å²) in [6.45, 7) is 3.08. The highest BCUT2D eigenvalue weighted by Crippen LogP contribution is 2.17. The molecule has 0 aliphatic heterocycles. The van der Waals surface area contributed by atoms with Crippen molar-refractivity contribution < 1.29 is 13.9 Å². The molecule has 0 unspecified atom stereocenters. The van der Waals surface area contributed by atoms with Gasteiger partial charge in [0.05, 0.1) is 17.7 Å². The third kappa shape index (κ3) is 4.33. The van der Waals surface area contributed by atoms with Crippen molar-refractivity contribution in [3.63, 3.8) is 0 Å². The number of nitrogens with zero attached hydrogens (tertiary/aromatic N) is 2. The second kappa shape index (κ2) is 8.38. The molecule has 1 heterocycles. The summed E-state index contributed by atoms with van der Waals surface area (Å²) >= 11 is 0. The van der Waals surface area contributed by atoms with Crippen LogP contribution in [0.4, 0.5) is 4.39 Å². The van der Waals surface area contributed by atoms with Gasteiger partial charge in [0.15, 0.2) is 0 Å². The maximum atomic E-state index is 13.8. The summed E-state index contributed by atoms with van der Waals surface area (Å²) in [4.78, 5) is 20.7. The van der Waals surface area contributed by atoms with E-state index in [1.165, 1.54) is 24.5 Å². The Morgan fingerprint density at radius 3 is 2.88 bits per heavy atom. The minimum absolute atomic E-state index is 0.170. The molecule has 0 saturated heterocycles. The van der Waals surface area contributed by atoms with E-state index in [1.54, 1.807) is 0 Å². The molecule has 0 saturated carbocycles. The molecule has 0 radical (unpaired) electrons. The van der Waals surface area contributed by atoms with Crippen molar-refractivity contribution in [1.29, 1.82) is 0 Å². The zero-order valence-electron chi connectivity index (χ0n) is 14.5. The fourth-order valence-electron chi connectivity index (χ4n) is 2.57. The minimum Gasteiger partial charge on any atom is -0.494 e. The normalized spacial score (nSPS) is 10.7. The standard InChI is InChI=1S/C20H20FN3O2/c1-2-3-9-26-16-6-4-5-14(10-16)13-24-20(25)17-11-15(21)12-18-19(17)23-8-7-22-18/h4-8,10-12H,2-3,9,13H2,1H3,(H,24,25). The summed E-state index contributed by atoms with van der Waals surface area (Å²) in [6, 6.07) is 9.99. The quantitative estimate of drug-likeness (QED) is 0.655. The summed E-state index contributed by atoms with van der Waals surface area (Å²) in [5.74, 6) is -0.144.